The first-order valence-electron chi connectivity index (χ1n) is 11.2. The molecular weight excluding hydrogens is 462 g/mol. The number of ether oxygens (including phenoxy) is 1. The largest absolute Gasteiger partial charge is 0.497 e. The molecule has 1 aliphatic heterocycles. The first kappa shape index (κ1) is 24.3. The Bertz CT molecular complexity index is 1260. The number of thioether (sulfide) groups is 1. The number of aryl methyl sites for hydroxylation is 2. The molecule has 2 aromatic carbocycles. The summed E-state index contributed by atoms with van der Waals surface area (Å²) in [4.78, 5) is 32.4. The van der Waals surface area contributed by atoms with Crippen LogP contribution >= 0.6 is 11.8 Å². The van der Waals surface area contributed by atoms with Gasteiger partial charge in [-0.15, -0.1) is 0 Å². The molecule has 0 fully saturated rings. The van der Waals surface area contributed by atoms with Crippen molar-refractivity contribution in [1.29, 1.82) is 0 Å². The van der Waals surface area contributed by atoms with Crippen LogP contribution in [0.1, 0.15) is 29.4 Å². The fourth-order valence-corrected chi connectivity index (χ4v) is 4.63. The SMILES string of the molecule is COc1ccc(/C=C2\N=C(SC(C)C(=O)NCc3ccco3)N(c3cc(C)cc(C)c3)C2=O)cc1. The fraction of sp³-hybridized carbons (Fsp3) is 0.222. The lowest BCUT2D eigenvalue weighted by Gasteiger charge is -2.21. The van der Waals surface area contributed by atoms with Crippen molar-refractivity contribution in [2.45, 2.75) is 32.6 Å². The third-order valence-corrected chi connectivity index (χ3v) is 6.43. The average molecular weight is 490 g/mol. The molecule has 0 radical (unpaired) electrons. The van der Waals surface area contributed by atoms with E-state index in [1.54, 1.807) is 43.4 Å². The molecule has 3 aromatic rings. The molecule has 180 valence electrons. The van der Waals surface area contributed by atoms with E-state index in [1.807, 2.05) is 56.3 Å². The quantitative estimate of drug-likeness (QED) is 0.468. The van der Waals surface area contributed by atoms with E-state index >= 15 is 0 Å². The zero-order valence-electron chi connectivity index (χ0n) is 20.1. The Kier molecular flexibility index (Phi) is 7.41. The molecule has 4 rings (SSSR count). The summed E-state index contributed by atoms with van der Waals surface area (Å²) < 4.78 is 10.5. The fourth-order valence-electron chi connectivity index (χ4n) is 3.68. The number of amides is 2. The summed E-state index contributed by atoms with van der Waals surface area (Å²) in [6, 6.07) is 16.9. The molecule has 35 heavy (non-hydrogen) atoms. The number of furan rings is 1. The van der Waals surface area contributed by atoms with Gasteiger partial charge in [-0.05, 0) is 79.9 Å². The van der Waals surface area contributed by atoms with E-state index in [1.165, 1.54) is 11.8 Å². The number of carbonyl (C=O) groups is 2. The van der Waals surface area contributed by atoms with Gasteiger partial charge in [0, 0.05) is 0 Å². The highest BCUT2D eigenvalue weighted by Crippen LogP contribution is 2.32. The Morgan fingerprint density at radius 1 is 1.17 bits per heavy atom. The van der Waals surface area contributed by atoms with E-state index in [9.17, 15) is 9.59 Å². The molecule has 7 nitrogen and oxygen atoms in total. The van der Waals surface area contributed by atoms with Crippen molar-refractivity contribution in [1.82, 2.24) is 5.32 Å². The van der Waals surface area contributed by atoms with E-state index in [-0.39, 0.29) is 11.8 Å². The molecule has 0 bridgehead atoms. The van der Waals surface area contributed by atoms with E-state index in [2.05, 4.69) is 10.3 Å². The molecule has 0 spiro atoms. The van der Waals surface area contributed by atoms with Crippen LogP contribution in [-0.4, -0.2) is 29.3 Å². The molecule has 1 unspecified atom stereocenters. The van der Waals surface area contributed by atoms with Gasteiger partial charge in [0.1, 0.15) is 17.2 Å². The molecule has 1 aliphatic rings. The lowest BCUT2D eigenvalue weighted by atomic mass is 10.1. The molecule has 0 aliphatic carbocycles. The number of rotatable bonds is 7. The summed E-state index contributed by atoms with van der Waals surface area (Å²) in [6.07, 6.45) is 3.31. The summed E-state index contributed by atoms with van der Waals surface area (Å²) in [5.74, 6) is 0.993. The van der Waals surface area contributed by atoms with Crippen molar-refractivity contribution in [3.63, 3.8) is 0 Å². The van der Waals surface area contributed by atoms with Gasteiger partial charge in [0.15, 0.2) is 5.17 Å². The monoisotopic (exact) mass is 489 g/mol. The highest BCUT2D eigenvalue weighted by atomic mass is 32.2. The number of methoxy groups -OCH3 is 1. The van der Waals surface area contributed by atoms with Gasteiger partial charge in [0.05, 0.1) is 30.9 Å². The number of hydrogen-bond acceptors (Lipinski definition) is 6. The second-order valence-corrected chi connectivity index (χ2v) is 9.55. The molecule has 1 aromatic heterocycles. The number of anilines is 1. The first-order chi connectivity index (χ1) is 16.8. The van der Waals surface area contributed by atoms with Crippen LogP contribution in [0.5, 0.6) is 5.75 Å². The topological polar surface area (TPSA) is 84.1 Å². The molecular formula is C27H27N3O4S. The van der Waals surface area contributed by atoms with Crippen LogP contribution in [0.2, 0.25) is 0 Å². The number of hydrogen-bond donors (Lipinski definition) is 1. The smallest absolute Gasteiger partial charge is 0.283 e. The van der Waals surface area contributed by atoms with Crippen LogP contribution in [0.4, 0.5) is 5.69 Å². The van der Waals surface area contributed by atoms with Crippen molar-refractivity contribution < 1.29 is 18.7 Å². The van der Waals surface area contributed by atoms with Crippen molar-refractivity contribution >= 4 is 40.5 Å². The van der Waals surface area contributed by atoms with E-state index in [0.29, 0.717) is 23.2 Å². The van der Waals surface area contributed by atoms with Crippen molar-refractivity contribution in [2.24, 2.45) is 4.99 Å². The minimum absolute atomic E-state index is 0.172. The van der Waals surface area contributed by atoms with Crippen molar-refractivity contribution in [3.8, 4) is 5.75 Å². The van der Waals surface area contributed by atoms with E-state index in [0.717, 1.165) is 28.1 Å². The van der Waals surface area contributed by atoms with Crippen LogP contribution in [0, 0.1) is 13.8 Å². The zero-order valence-corrected chi connectivity index (χ0v) is 20.9. The third kappa shape index (κ3) is 5.84. The summed E-state index contributed by atoms with van der Waals surface area (Å²) in [7, 11) is 1.61. The number of nitrogens with zero attached hydrogens (tertiary/aromatic N) is 2. The van der Waals surface area contributed by atoms with E-state index < -0.39 is 5.25 Å². The van der Waals surface area contributed by atoms with Gasteiger partial charge in [-0.1, -0.05) is 30.0 Å². The predicted molar refractivity (Wildman–Crippen MR) is 139 cm³/mol. The number of amidine groups is 1. The number of benzene rings is 2. The number of nitrogens with one attached hydrogen (secondary N) is 1. The molecule has 0 saturated carbocycles. The predicted octanol–water partition coefficient (Wildman–Crippen LogP) is 5.09. The van der Waals surface area contributed by atoms with Gasteiger partial charge in [-0.25, -0.2) is 4.99 Å². The molecule has 8 heteroatoms. The van der Waals surface area contributed by atoms with Crippen LogP contribution in [-0.2, 0) is 16.1 Å². The Morgan fingerprint density at radius 3 is 2.51 bits per heavy atom. The van der Waals surface area contributed by atoms with Gasteiger partial charge >= 0.3 is 0 Å². The maximum Gasteiger partial charge on any atom is 0.283 e. The van der Waals surface area contributed by atoms with Crippen LogP contribution in [0.15, 0.2) is 76.0 Å². The van der Waals surface area contributed by atoms with Gasteiger partial charge in [-0.2, -0.15) is 0 Å². The van der Waals surface area contributed by atoms with Crippen molar-refractivity contribution in [3.05, 3.63) is 89.0 Å². The first-order valence-corrected chi connectivity index (χ1v) is 12.1. The Balaban J connectivity index is 1.61. The Morgan fingerprint density at radius 2 is 1.89 bits per heavy atom. The zero-order chi connectivity index (χ0) is 24.9. The molecule has 1 atom stereocenters. The lowest BCUT2D eigenvalue weighted by Crippen LogP contribution is -2.35. The van der Waals surface area contributed by atoms with Gasteiger partial charge in [-0.3, -0.25) is 14.5 Å². The minimum atomic E-state index is -0.481. The van der Waals surface area contributed by atoms with Crippen LogP contribution in [0.25, 0.3) is 6.08 Å². The summed E-state index contributed by atoms with van der Waals surface area (Å²) in [5.41, 5.74) is 3.93. The van der Waals surface area contributed by atoms with Gasteiger partial charge in [0.25, 0.3) is 5.91 Å². The summed E-state index contributed by atoms with van der Waals surface area (Å²) in [5, 5.41) is 2.84. The number of carbonyl (C=O) groups excluding carboxylic acids is 2. The molecule has 2 amide bonds. The highest BCUT2D eigenvalue weighted by molar-refractivity contribution is 8.15. The maximum absolute atomic E-state index is 13.5. The summed E-state index contributed by atoms with van der Waals surface area (Å²) >= 11 is 1.24. The molecule has 2 heterocycles. The highest BCUT2D eigenvalue weighted by Gasteiger charge is 2.34. The molecule has 0 saturated heterocycles. The standard InChI is InChI=1S/C27H27N3O4S/c1-17-12-18(2)14-21(13-17)30-26(32)24(15-20-7-9-22(33-4)10-8-20)29-27(30)35-19(3)25(31)28-16-23-6-5-11-34-23/h5-15,19H,16H2,1-4H3,(H,28,31)/b24-15-. The Labute approximate surface area is 208 Å². The minimum Gasteiger partial charge on any atom is -0.497 e. The van der Waals surface area contributed by atoms with Crippen LogP contribution < -0.4 is 15.0 Å². The maximum atomic E-state index is 13.5. The molecule has 1 N–H and O–H groups in total. The van der Waals surface area contributed by atoms with E-state index in [4.69, 9.17) is 9.15 Å². The second kappa shape index (κ2) is 10.7. The lowest BCUT2D eigenvalue weighted by molar-refractivity contribution is -0.120. The normalized spacial score (nSPS) is 15.3. The van der Waals surface area contributed by atoms with Crippen molar-refractivity contribution in [2.75, 3.05) is 12.0 Å². The van der Waals surface area contributed by atoms with Gasteiger partial charge < -0.3 is 14.5 Å². The number of aliphatic imine (C=N–C) groups is 1. The summed E-state index contributed by atoms with van der Waals surface area (Å²) in [6.45, 7) is 6.06. The van der Waals surface area contributed by atoms with Gasteiger partial charge in [0.2, 0.25) is 5.91 Å². The second-order valence-electron chi connectivity index (χ2n) is 8.24. The third-order valence-electron chi connectivity index (χ3n) is 5.38. The average Bonchev–Trinajstić information content (AvgIpc) is 3.45. The Hall–Kier alpha value is -3.78. The van der Waals surface area contributed by atoms with Crippen LogP contribution in [0.3, 0.4) is 0 Å².